The van der Waals surface area contributed by atoms with Gasteiger partial charge in [-0.15, -0.1) is 0 Å². The van der Waals surface area contributed by atoms with Gasteiger partial charge in [0.25, 0.3) is 0 Å². The van der Waals surface area contributed by atoms with Crippen molar-refractivity contribution in [2.24, 2.45) is 0 Å². The van der Waals surface area contributed by atoms with Crippen LogP contribution < -0.4 is 0 Å². The van der Waals surface area contributed by atoms with E-state index >= 15 is 0 Å². The van der Waals surface area contributed by atoms with Crippen molar-refractivity contribution in [3.63, 3.8) is 0 Å². The number of carbonyl (C=O) groups is 1. The van der Waals surface area contributed by atoms with Crippen molar-refractivity contribution in [3.8, 4) is 11.5 Å². The molecule has 4 nitrogen and oxygen atoms in total. The predicted octanol–water partition coefficient (Wildman–Crippen LogP) is 2.97. The zero-order chi connectivity index (χ0) is 13.1. The number of carbonyl (C=O) groups excluding carboxylic acids is 1. The van der Waals surface area contributed by atoms with Gasteiger partial charge in [-0.25, -0.2) is 14.2 Å². The molecule has 0 atom stereocenters. The van der Waals surface area contributed by atoms with Gasteiger partial charge in [-0.3, -0.25) is 0 Å². The molecule has 18 heavy (non-hydrogen) atoms. The van der Waals surface area contributed by atoms with Crippen LogP contribution in [-0.4, -0.2) is 17.6 Å². The highest BCUT2D eigenvalue weighted by molar-refractivity contribution is 5.88. The van der Waals surface area contributed by atoms with Crippen LogP contribution in [0, 0.1) is 12.7 Å². The summed E-state index contributed by atoms with van der Waals surface area (Å²) in [6.07, 6.45) is 0. The number of esters is 1. The van der Waals surface area contributed by atoms with Crippen LogP contribution in [0.1, 0.15) is 23.2 Å². The molecule has 0 unspecified atom stereocenters. The van der Waals surface area contributed by atoms with Crippen LogP contribution in [0.2, 0.25) is 0 Å². The maximum atomic E-state index is 13.1. The highest BCUT2D eigenvalue weighted by atomic mass is 19.1. The second kappa shape index (κ2) is 5.00. The van der Waals surface area contributed by atoms with E-state index in [1.54, 1.807) is 26.0 Å². The minimum absolute atomic E-state index is 0.121. The molecule has 2 rings (SSSR count). The predicted molar refractivity (Wildman–Crippen MR) is 62.6 cm³/mol. The Morgan fingerprint density at radius 3 is 2.94 bits per heavy atom. The monoisotopic (exact) mass is 249 g/mol. The Hall–Kier alpha value is -2.17. The van der Waals surface area contributed by atoms with E-state index in [9.17, 15) is 9.18 Å². The van der Waals surface area contributed by atoms with Crippen LogP contribution in [0.4, 0.5) is 4.39 Å². The standard InChI is InChI=1S/C13H12FNO3/c1-3-17-13(16)11-8(2)18-12(15-11)9-5-4-6-10(14)7-9/h4-7H,3H2,1-2H3. The lowest BCUT2D eigenvalue weighted by atomic mass is 10.2. The van der Waals surface area contributed by atoms with Crippen LogP contribution in [0.25, 0.3) is 11.5 Å². The number of aryl methyl sites for hydroxylation is 1. The zero-order valence-corrected chi connectivity index (χ0v) is 10.1. The van der Waals surface area contributed by atoms with Crippen LogP contribution in [0.15, 0.2) is 28.7 Å². The molecule has 0 fully saturated rings. The van der Waals surface area contributed by atoms with Gasteiger partial charge in [0, 0.05) is 5.56 Å². The Kier molecular flexibility index (Phi) is 3.41. The number of oxazole rings is 1. The van der Waals surface area contributed by atoms with E-state index in [0.29, 0.717) is 11.3 Å². The Bertz CT molecular complexity index is 577. The largest absolute Gasteiger partial charge is 0.461 e. The van der Waals surface area contributed by atoms with Gasteiger partial charge in [0.15, 0.2) is 5.69 Å². The van der Waals surface area contributed by atoms with E-state index in [4.69, 9.17) is 9.15 Å². The quantitative estimate of drug-likeness (QED) is 0.785. The number of ether oxygens (including phenoxy) is 1. The number of rotatable bonds is 3. The summed E-state index contributed by atoms with van der Waals surface area (Å²) in [5.41, 5.74) is 0.602. The number of halogens is 1. The smallest absolute Gasteiger partial charge is 0.360 e. The second-order valence-electron chi connectivity index (χ2n) is 3.65. The van der Waals surface area contributed by atoms with E-state index < -0.39 is 5.97 Å². The molecule has 5 heteroatoms. The highest BCUT2D eigenvalue weighted by Gasteiger charge is 2.19. The number of hydrogen-bond acceptors (Lipinski definition) is 4. The first-order valence-corrected chi connectivity index (χ1v) is 5.52. The molecule has 0 aliphatic rings. The zero-order valence-electron chi connectivity index (χ0n) is 10.1. The molecule has 0 amide bonds. The van der Waals surface area contributed by atoms with Gasteiger partial charge in [-0.2, -0.15) is 0 Å². The molecule has 0 N–H and O–H groups in total. The molecule has 0 spiro atoms. The topological polar surface area (TPSA) is 52.3 Å². The Balaban J connectivity index is 2.37. The van der Waals surface area contributed by atoms with Crippen molar-refractivity contribution >= 4 is 5.97 Å². The third-order valence-electron chi connectivity index (χ3n) is 2.34. The fourth-order valence-corrected chi connectivity index (χ4v) is 1.53. The third kappa shape index (κ3) is 2.40. The van der Waals surface area contributed by atoms with Crippen molar-refractivity contribution < 1.29 is 18.3 Å². The number of nitrogens with zero attached hydrogens (tertiary/aromatic N) is 1. The molecule has 0 aliphatic heterocycles. The first-order valence-electron chi connectivity index (χ1n) is 5.52. The van der Waals surface area contributed by atoms with Gasteiger partial charge in [0.2, 0.25) is 5.89 Å². The van der Waals surface area contributed by atoms with E-state index in [1.807, 2.05) is 0 Å². The average molecular weight is 249 g/mol. The molecular formula is C13H12FNO3. The van der Waals surface area contributed by atoms with E-state index in [1.165, 1.54) is 12.1 Å². The summed E-state index contributed by atoms with van der Waals surface area (Å²) < 4.78 is 23.3. The average Bonchev–Trinajstić information content (AvgIpc) is 2.72. The van der Waals surface area contributed by atoms with Crippen LogP contribution in [-0.2, 0) is 4.74 Å². The van der Waals surface area contributed by atoms with Gasteiger partial charge in [-0.1, -0.05) is 6.07 Å². The van der Waals surface area contributed by atoms with Gasteiger partial charge >= 0.3 is 5.97 Å². The Morgan fingerprint density at radius 2 is 2.28 bits per heavy atom. The lowest BCUT2D eigenvalue weighted by molar-refractivity contribution is 0.0518. The Morgan fingerprint density at radius 1 is 1.50 bits per heavy atom. The third-order valence-corrected chi connectivity index (χ3v) is 2.34. The van der Waals surface area contributed by atoms with Crippen LogP contribution >= 0.6 is 0 Å². The van der Waals surface area contributed by atoms with Crippen molar-refractivity contribution in [3.05, 3.63) is 41.5 Å². The minimum atomic E-state index is -0.540. The molecule has 0 radical (unpaired) electrons. The molecule has 1 aromatic heterocycles. The first kappa shape index (κ1) is 12.3. The molecule has 2 aromatic rings. The first-order chi connectivity index (χ1) is 8.61. The van der Waals surface area contributed by atoms with Crippen molar-refractivity contribution in [1.82, 2.24) is 4.98 Å². The Labute approximate surface area is 103 Å². The van der Waals surface area contributed by atoms with Gasteiger partial charge < -0.3 is 9.15 Å². The molecule has 1 aromatic carbocycles. The molecule has 0 saturated heterocycles. The SMILES string of the molecule is CCOC(=O)c1nc(-c2cccc(F)c2)oc1C. The second-order valence-corrected chi connectivity index (χ2v) is 3.65. The van der Waals surface area contributed by atoms with Gasteiger partial charge in [0.05, 0.1) is 6.61 Å². The van der Waals surface area contributed by atoms with Crippen molar-refractivity contribution in [2.75, 3.05) is 6.61 Å². The summed E-state index contributed by atoms with van der Waals surface area (Å²) in [4.78, 5) is 15.6. The molecule has 0 aliphatic carbocycles. The lowest BCUT2D eigenvalue weighted by Gasteiger charge is -1.96. The van der Waals surface area contributed by atoms with E-state index in [2.05, 4.69) is 4.98 Å². The summed E-state index contributed by atoms with van der Waals surface area (Å²) in [6.45, 7) is 3.59. The minimum Gasteiger partial charge on any atom is -0.461 e. The molecule has 0 bridgehead atoms. The fraction of sp³-hybridized carbons (Fsp3) is 0.231. The lowest BCUT2D eigenvalue weighted by Crippen LogP contribution is -2.06. The van der Waals surface area contributed by atoms with E-state index in [0.717, 1.165) is 0 Å². The maximum Gasteiger partial charge on any atom is 0.360 e. The molecular weight excluding hydrogens is 237 g/mol. The van der Waals surface area contributed by atoms with Crippen molar-refractivity contribution in [2.45, 2.75) is 13.8 Å². The summed E-state index contributed by atoms with van der Waals surface area (Å²) >= 11 is 0. The summed E-state index contributed by atoms with van der Waals surface area (Å²) in [5, 5.41) is 0. The molecule has 1 heterocycles. The fourth-order valence-electron chi connectivity index (χ4n) is 1.53. The normalized spacial score (nSPS) is 10.4. The number of benzene rings is 1. The summed E-state index contributed by atoms with van der Waals surface area (Å²) in [6, 6.07) is 5.82. The van der Waals surface area contributed by atoms with Crippen LogP contribution in [0.5, 0.6) is 0 Å². The highest BCUT2D eigenvalue weighted by Crippen LogP contribution is 2.22. The molecule has 0 saturated carbocycles. The van der Waals surface area contributed by atoms with Gasteiger partial charge in [0.1, 0.15) is 11.6 Å². The number of hydrogen-bond donors (Lipinski definition) is 0. The maximum absolute atomic E-state index is 13.1. The van der Waals surface area contributed by atoms with E-state index in [-0.39, 0.29) is 24.0 Å². The number of aromatic nitrogens is 1. The van der Waals surface area contributed by atoms with Crippen LogP contribution in [0.3, 0.4) is 0 Å². The summed E-state index contributed by atoms with van der Waals surface area (Å²) in [5.74, 6) is -0.370. The van der Waals surface area contributed by atoms with Gasteiger partial charge in [-0.05, 0) is 32.0 Å². The van der Waals surface area contributed by atoms with Crippen molar-refractivity contribution in [1.29, 1.82) is 0 Å². The molecule has 94 valence electrons. The summed E-state index contributed by atoms with van der Waals surface area (Å²) in [7, 11) is 0.